The van der Waals surface area contributed by atoms with Crippen molar-refractivity contribution in [3.8, 4) is 5.75 Å². The van der Waals surface area contributed by atoms with Crippen LogP contribution in [0.4, 0.5) is 0 Å². The number of carbonyl (C=O) groups is 1. The summed E-state index contributed by atoms with van der Waals surface area (Å²) in [6.07, 6.45) is -0.644. The molecule has 1 aromatic heterocycles. The molecule has 3 rings (SSSR count). The fraction of sp³-hybridized carbons (Fsp3) is 0.409. The summed E-state index contributed by atoms with van der Waals surface area (Å²) in [5, 5.41) is 2.57. The number of para-hydroxylation sites is 1. The Balaban J connectivity index is 1.81. The standard InChI is InChI=1S/C22H29N4O8P/c1-5-31-19(28)15(3)25-35(30,34-16-9-7-6-8-10-16)32-13-17-14(2)22(4,23)20(33-17)26-12-11-18(27)24-21(26)29/h6-12,15,17,20H,2,5,13,23H2,1,3-4H3,(H,25,30)(H,24,27,29)/t15-,17+,20+,22+,35?/m0/s1. The summed E-state index contributed by atoms with van der Waals surface area (Å²) in [4.78, 5) is 37.9. The van der Waals surface area contributed by atoms with Gasteiger partial charge in [-0.25, -0.2) is 9.36 Å². The van der Waals surface area contributed by atoms with Crippen LogP contribution in [-0.4, -0.2) is 46.4 Å². The van der Waals surface area contributed by atoms with Crippen molar-refractivity contribution in [1.82, 2.24) is 14.6 Å². The van der Waals surface area contributed by atoms with Gasteiger partial charge in [-0.05, 0) is 38.5 Å². The largest absolute Gasteiger partial charge is 0.465 e. The van der Waals surface area contributed by atoms with Gasteiger partial charge in [-0.3, -0.25) is 23.7 Å². The average molecular weight is 508 g/mol. The highest BCUT2D eigenvalue weighted by molar-refractivity contribution is 7.52. The van der Waals surface area contributed by atoms with E-state index in [2.05, 4.69) is 16.7 Å². The first-order valence-electron chi connectivity index (χ1n) is 10.9. The van der Waals surface area contributed by atoms with Crippen LogP contribution in [0.5, 0.6) is 5.75 Å². The fourth-order valence-corrected chi connectivity index (χ4v) is 4.91. The summed E-state index contributed by atoms with van der Waals surface area (Å²) in [5.74, 6) is -0.395. The number of benzene rings is 1. The Kier molecular flexibility index (Phi) is 8.14. The molecule has 0 amide bonds. The second-order valence-electron chi connectivity index (χ2n) is 8.10. The lowest BCUT2D eigenvalue weighted by Crippen LogP contribution is -2.47. The Bertz CT molecular complexity index is 1230. The summed E-state index contributed by atoms with van der Waals surface area (Å²) >= 11 is 0. The Morgan fingerprint density at radius 1 is 1.34 bits per heavy atom. The fourth-order valence-electron chi connectivity index (χ4n) is 3.42. The summed E-state index contributed by atoms with van der Waals surface area (Å²) in [6, 6.07) is 8.43. The monoisotopic (exact) mass is 508 g/mol. The molecule has 35 heavy (non-hydrogen) atoms. The van der Waals surface area contributed by atoms with E-state index in [1.165, 1.54) is 13.1 Å². The normalized spacial score (nSPS) is 24.5. The SMILES string of the molecule is C=C1[C@@H](COP(=O)(N[C@@H](C)C(=O)OCC)Oc2ccccc2)O[C@@H](n2ccc(=O)[nH]c2=O)[C@]1(C)N. The summed E-state index contributed by atoms with van der Waals surface area (Å²) < 4.78 is 36.8. The molecule has 13 heteroatoms. The van der Waals surface area contributed by atoms with Gasteiger partial charge in [0.2, 0.25) is 0 Å². The highest BCUT2D eigenvalue weighted by atomic mass is 31.2. The predicted molar refractivity (Wildman–Crippen MR) is 127 cm³/mol. The van der Waals surface area contributed by atoms with Gasteiger partial charge in [0, 0.05) is 12.3 Å². The van der Waals surface area contributed by atoms with Gasteiger partial charge in [-0.15, -0.1) is 0 Å². The molecule has 0 spiro atoms. The zero-order chi connectivity index (χ0) is 25.8. The number of carbonyl (C=O) groups excluding carboxylic acids is 1. The number of hydrogen-bond acceptors (Lipinski definition) is 9. The second kappa shape index (κ2) is 10.7. The Labute approximate surface area is 201 Å². The van der Waals surface area contributed by atoms with Gasteiger partial charge in [0.1, 0.15) is 17.9 Å². The number of hydrogen-bond donors (Lipinski definition) is 3. The molecular weight excluding hydrogens is 479 g/mol. The van der Waals surface area contributed by atoms with E-state index in [-0.39, 0.29) is 19.0 Å². The number of H-pyrrole nitrogens is 1. The maximum absolute atomic E-state index is 13.6. The summed E-state index contributed by atoms with van der Waals surface area (Å²) in [5.41, 5.74) is 4.26. The maximum Gasteiger partial charge on any atom is 0.459 e. The molecular formula is C22H29N4O8P. The zero-order valence-electron chi connectivity index (χ0n) is 19.6. The van der Waals surface area contributed by atoms with Crippen molar-refractivity contribution in [2.45, 2.75) is 44.7 Å². The predicted octanol–water partition coefficient (Wildman–Crippen LogP) is 1.45. The van der Waals surface area contributed by atoms with Crippen LogP contribution in [0.25, 0.3) is 0 Å². The summed E-state index contributed by atoms with van der Waals surface area (Å²) in [6.45, 7) is 8.51. The minimum absolute atomic E-state index is 0.145. The Morgan fingerprint density at radius 3 is 2.66 bits per heavy atom. The molecule has 1 aromatic carbocycles. The van der Waals surface area contributed by atoms with E-state index in [4.69, 9.17) is 24.3 Å². The molecule has 0 bridgehead atoms. The van der Waals surface area contributed by atoms with Crippen LogP contribution in [0, 0.1) is 0 Å². The molecule has 0 radical (unpaired) electrons. The maximum atomic E-state index is 13.6. The van der Waals surface area contributed by atoms with Crippen molar-refractivity contribution in [3.63, 3.8) is 0 Å². The molecule has 0 aliphatic carbocycles. The number of nitrogens with zero attached hydrogens (tertiary/aromatic N) is 1. The minimum atomic E-state index is -4.13. The van der Waals surface area contributed by atoms with Crippen LogP contribution in [0.15, 0.2) is 64.3 Å². The lowest BCUT2D eigenvalue weighted by Gasteiger charge is -2.27. The first-order chi connectivity index (χ1) is 16.5. The molecule has 1 aliphatic heterocycles. The first-order valence-corrected chi connectivity index (χ1v) is 12.4. The third-order valence-corrected chi connectivity index (χ3v) is 6.99. The van der Waals surface area contributed by atoms with Gasteiger partial charge in [-0.2, -0.15) is 5.09 Å². The topological polar surface area (TPSA) is 164 Å². The van der Waals surface area contributed by atoms with E-state index in [1.54, 1.807) is 44.2 Å². The van der Waals surface area contributed by atoms with Crippen molar-refractivity contribution in [2.24, 2.45) is 5.73 Å². The Hall–Kier alpha value is -3.02. The highest BCUT2D eigenvalue weighted by Gasteiger charge is 2.48. The van der Waals surface area contributed by atoms with Gasteiger partial charge >= 0.3 is 19.4 Å². The number of nitrogens with two attached hydrogens (primary N) is 1. The quantitative estimate of drug-likeness (QED) is 0.243. The molecule has 1 unspecified atom stereocenters. The van der Waals surface area contributed by atoms with Gasteiger partial charge in [-0.1, -0.05) is 24.8 Å². The van der Waals surface area contributed by atoms with E-state index in [0.29, 0.717) is 5.57 Å². The molecule has 2 heterocycles. The van der Waals surface area contributed by atoms with Crippen LogP contribution in [-0.2, 0) is 23.4 Å². The molecule has 4 N–H and O–H groups in total. The van der Waals surface area contributed by atoms with E-state index in [1.807, 2.05) is 0 Å². The van der Waals surface area contributed by atoms with E-state index >= 15 is 0 Å². The minimum Gasteiger partial charge on any atom is -0.465 e. The van der Waals surface area contributed by atoms with E-state index < -0.39 is 48.9 Å². The van der Waals surface area contributed by atoms with Crippen LogP contribution in [0.1, 0.15) is 27.0 Å². The lowest BCUT2D eigenvalue weighted by molar-refractivity contribution is -0.144. The van der Waals surface area contributed by atoms with Crippen LogP contribution < -0.4 is 26.6 Å². The van der Waals surface area contributed by atoms with Crippen LogP contribution in [0.2, 0.25) is 0 Å². The zero-order valence-corrected chi connectivity index (χ0v) is 20.5. The second-order valence-corrected chi connectivity index (χ2v) is 9.80. The smallest absolute Gasteiger partial charge is 0.459 e. The molecule has 0 saturated carbocycles. The number of aromatic nitrogens is 2. The van der Waals surface area contributed by atoms with Gasteiger partial charge < -0.3 is 19.7 Å². The number of aromatic amines is 1. The number of nitrogens with one attached hydrogen (secondary N) is 2. The molecule has 12 nitrogen and oxygen atoms in total. The Morgan fingerprint density at radius 2 is 2.03 bits per heavy atom. The number of rotatable bonds is 10. The van der Waals surface area contributed by atoms with Gasteiger partial charge in [0.25, 0.3) is 5.56 Å². The molecule has 1 aliphatic rings. The van der Waals surface area contributed by atoms with Crippen molar-refractivity contribution in [1.29, 1.82) is 0 Å². The number of ether oxygens (including phenoxy) is 2. The van der Waals surface area contributed by atoms with E-state index in [0.717, 1.165) is 10.6 Å². The van der Waals surface area contributed by atoms with E-state index in [9.17, 15) is 18.9 Å². The molecule has 2 aromatic rings. The average Bonchev–Trinajstić information content (AvgIpc) is 3.02. The summed E-state index contributed by atoms with van der Waals surface area (Å²) in [7, 11) is -4.13. The number of esters is 1. The van der Waals surface area contributed by atoms with Crippen molar-refractivity contribution >= 4 is 13.7 Å². The highest BCUT2D eigenvalue weighted by Crippen LogP contribution is 2.47. The third kappa shape index (κ3) is 6.16. The third-order valence-electron chi connectivity index (χ3n) is 5.35. The van der Waals surface area contributed by atoms with Gasteiger partial charge in [0.05, 0.1) is 18.8 Å². The molecule has 1 saturated heterocycles. The molecule has 190 valence electrons. The van der Waals surface area contributed by atoms with Crippen LogP contribution in [0.3, 0.4) is 0 Å². The van der Waals surface area contributed by atoms with Crippen LogP contribution >= 0.6 is 7.75 Å². The van der Waals surface area contributed by atoms with Crippen molar-refractivity contribution < 1.29 is 27.9 Å². The lowest BCUT2D eigenvalue weighted by atomic mass is 9.92. The molecule has 5 atom stereocenters. The first kappa shape index (κ1) is 26.6. The van der Waals surface area contributed by atoms with Crippen molar-refractivity contribution in [3.05, 3.63) is 75.6 Å². The molecule has 1 fully saturated rings. The van der Waals surface area contributed by atoms with Gasteiger partial charge in [0.15, 0.2) is 6.23 Å². The van der Waals surface area contributed by atoms with Crippen molar-refractivity contribution in [2.75, 3.05) is 13.2 Å².